The predicted molar refractivity (Wildman–Crippen MR) is 52.9 cm³/mol. The van der Waals surface area contributed by atoms with Crippen LogP contribution in [0.2, 0.25) is 0 Å². The van der Waals surface area contributed by atoms with Crippen molar-refractivity contribution in [2.24, 2.45) is 5.92 Å². The Balaban J connectivity index is 3.11. The molecule has 0 fully saturated rings. The van der Waals surface area contributed by atoms with E-state index in [1.807, 2.05) is 4.57 Å². The maximum atomic E-state index is 9.01. The van der Waals surface area contributed by atoms with Gasteiger partial charge in [0.1, 0.15) is 6.61 Å². The van der Waals surface area contributed by atoms with E-state index in [1.165, 1.54) is 0 Å². The van der Waals surface area contributed by atoms with Crippen molar-refractivity contribution in [3.05, 3.63) is 10.6 Å². The van der Waals surface area contributed by atoms with Gasteiger partial charge in [0, 0.05) is 6.04 Å². The minimum atomic E-state index is -0.0792. The maximum absolute atomic E-state index is 9.01. The first-order valence-corrected chi connectivity index (χ1v) is 4.75. The fourth-order valence-corrected chi connectivity index (χ4v) is 1.48. The summed E-state index contributed by atoms with van der Waals surface area (Å²) in [6.45, 7) is 6.21. The molecule has 4 nitrogen and oxygen atoms in total. The van der Waals surface area contributed by atoms with E-state index in [0.29, 0.717) is 16.5 Å². The molecule has 0 aliphatic carbocycles. The normalized spacial score (nSPS) is 13.6. The summed E-state index contributed by atoms with van der Waals surface area (Å²) in [7, 11) is 0. The maximum Gasteiger partial charge on any atom is 0.195 e. The number of hydrogen-bond donors (Lipinski definition) is 2. The Morgan fingerprint density at radius 1 is 1.54 bits per heavy atom. The van der Waals surface area contributed by atoms with Crippen LogP contribution in [0.25, 0.3) is 0 Å². The molecule has 1 heterocycles. The highest BCUT2D eigenvalue weighted by Gasteiger charge is 2.14. The van der Waals surface area contributed by atoms with Crippen LogP contribution >= 0.6 is 12.2 Å². The average Bonchev–Trinajstić information content (AvgIpc) is 2.45. The zero-order valence-corrected chi connectivity index (χ0v) is 8.93. The number of aromatic nitrogens is 3. The Labute approximate surface area is 82.6 Å². The summed E-state index contributed by atoms with van der Waals surface area (Å²) in [4.78, 5) is 0. The molecule has 0 radical (unpaired) electrons. The molecule has 0 aromatic carbocycles. The second-order valence-electron chi connectivity index (χ2n) is 3.46. The molecule has 1 aromatic heterocycles. The van der Waals surface area contributed by atoms with E-state index in [4.69, 9.17) is 17.3 Å². The average molecular weight is 201 g/mol. The Morgan fingerprint density at radius 3 is 2.62 bits per heavy atom. The summed E-state index contributed by atoms with van der Waals surface area (Å²) in [6.07, 6.45) is 0. The molecule has 1 atom stereocenters. The van der Waals surface area contributed by atoms with Crippen LogP contribution in [0.4, 0.5) is 0 Å². The van der Waals surface area contributed by atoms with Crippen molar-refractivity contribution < 1.29 is 5.11 Å². The fraction of sp³-hybridized carbons (Fsp3) is 0.750. The first kappa shape index (κ1) is 10.4. The molecule has 74 valence electrons. The van der Waals surface area contributed by atoms with Gasteiger partial charge in [-0.1, -0.05) is 13.8 Å². The van der Waals surface area contributed by atoms with Gasteiger partial charge in [0.05, 0.1) is 0 Å². The third-order valence-corrected chi connectivity index (χ3v) is 2.58. The first-order valence-electron chi connectivity index (χ1n) is 4.34. The highest BCUT2D eigenvalue weighted by molar-refractivity contribution is 7.71. The lowest BCUT2D eigenvalue weighted by Crippen LogP contribution is -2.14. The number of rotatable bonds is 3. The largest absolute Gasteiger partial charge is 0.388 e. The van der Waals surface area contributed by atoms with Gasteiger partial charge < -0.3 is 5.11 Å². The minimum absolute atomic E-state index is 0.0792. The van der Waals surface area contributed by atoms with E-state index >= 15 is 0 Å². The lowest BCUT2D eigenvalue weighted by molar-refractivity contribution is 0.254. The molecule has 5 heteroatoms. The fourth-order valence-electron chi connectivity index (χ4n) is 1.17. The van der Waals surface area contributed by atoms with Gasteiger partial charge in [-0.25, -0.2) is 0 Å². The Bertz CT molecular complexity index is 328. The van der Waals surface area contributed by atoms with Crippen LogP contribution in [0.5, 0.6) is 0 Å². The number of aromatic amines is 1. The lowest BCUT2D eigenvalue weighted by atomic mass is 10.1. The number of aliphatic hydroxyl groups is 1. The third-order valence-electron chi connectivity index (χ3n) is 2.29. The monoisotopic (exact) mass is 201 g/mol. The van der Waals surface area contributed by atoms with Crippen molar-refractivity contribution in [3.63, 3.8) is 0 Å². The van der Waals surface area contributed by atoms with Crippen LogP contribution in [0.1, 0.15) is 32.6 Å². The number of nitrogens with zero attached hydrogens (tertiary/aromatic N) is 2. The SMILES string of the molecule is CC(C)C(C)n1c(CO)n[nH]c1=S. The molecule has 1 unspecified atom stereocenters. The Kier molecular flexibility index (Phi) is 3.22. The van der Waals surface area contributed by atoms with Gasteiger partial charge in [-0.05, 0) is 25.1 Å². The van der Waals surface area contributed by atoms with Crippen molar-refractivity contribution in [3.8, 4) is 0 Å². The van der Waals surface area contributed by atoms with Gasteiger partial charge in [-0.3, -0.25) is 9.67 Å². The Morgan fingerprint density at radius 2 is 2.15 bits per heavy atom. The zero-order valence-electron chi connectivity index (χ0n) is 8.11. The lowest BCUT2D eigenvalue weighted by Gasteiger charge is -2.18. The molecule has 1 rings (SSSR count). The minimum Gasteiger partial charge on any atom is -0.388 e. The van der Waals surface area contributed by atoms with Crippen LogP contribution in [-0.2, 0) is 6.61 Å². The number of H-pyrrole nitrogens is 1. The first-order chi connectivity index (χ1) is 6.07. The number of aliphatic hydroxyl groups excluding tert-OH is 1. The van der Waals surface area contributed by atoms with Crippen molar-refractivity contribution in [2.75, 3.05) is 0 Å². The topological polar surface area (TPSA) is 53.8 Å². The van der Waals surface area contributed by atoms with Gasteiger partial charge >= 0.3 is 0 Å². The quantitative estimate of drug-likeness (QED) is 0.731. The molecule has 0 saturated heterocycles. The van der Waals surface area contributed by atoms with Crippen molar-refractivity contribution >= 4 is 12.2 Å². The molecule has 13 heavy (non-hydrogen) atoms. The van der Waals surface area contributed by atoms with Crippen LogP contribution < -0.4 is 0 Å². The summed E-state index contributed by atoms with van der Waals surface area (Å²) in [5, 5.41) is 15.6. The summed E-state index contributed by atoms with van der Waals surface area (Å²) >= 11 is 5.07. The van der Waals surface area contributed by atoms with Crippen LogP contribution in [0.3, 0.4) is 0 Å². The van der Waals surface area contributed by atoms with Crippen molar-refractivity contribution in [2.45, 2.75) is 33.4 Å². The number of hydrogen-bond acceptors (Lipinski definition) is 3. The summed E-state index contributed by atoms with van der Waals surface area (Å²) < 4.78 is 2.44. The molecule has 2 N–H and O–H groups in total. The molecule has 0 aliphatic rings. The van der Waals surface area contributed by atoms with E-state index in [-0.39, 0.29) is 12.6 Å². The van der Waals surface area contributed by atoms with E-state index < -0.39 is 0 Å². The van der Waals surface area contributed by atoms with Crippen LogP contribution in [0, 0.1) is 10.7 Å². The van der Waals surface area contributed by atoms with E-state index in [9.17, 15) is 0 Å². The summed E-state index contributed by atoms with van der Waals surface area (Å²) in [5.41, 5.74) is 0. The molecule has 0 saturated carbocycles. The summed E-state index contributed by atoms with van der Waals surface area (Å²) in [5.74, 6) is 1.07. The molecule has 0 amide bonds. The number of nitrogens with one attached hydrogen (secondary N) is 1. The molecule has 0 bridgehead atoms. The standard InChI is InChI=1S/C8H15N3OS/c1-5(2)6(3)11-7(4-12)9-10-8(11)13/h5-6,12H,4H2,1-3H3,(H,10,13). The van der Waals surface area contributed by atoms with E-state index in [0.717, 1.165) is 0 Å². The van der Waals surface area contributed by atoms with Gasteiger partial charge in [0.2, 0.25) is 0 Å². The van der Waals surface area contributed by atoms with Crippen LogP contribution in [-0.4, -0.2) is 19.9 Å². The smallest absolute Gasteiger partial charge is 0.195 e. The molecule has 0 spiro atoms. The molecule has 1 aromatic rings. The van der Waals surface area contributed by atoms with Gasteiger partial charge in [-0.15, -0.1) is 0 Å². The Hall–Kier alpha value is -0.680. The molecular formula is C8H15N3OS. The van der Waals surface area contributed by atoms with Crippen LogP contribution in [0.15, 0.2) is 0 Å². The zero-order chi connectivity index (χ0) is 10.0. The summed E-state index contributed by atoms with van der Waals surface area (Å²) in [6, 6.07) is 0.258. The predicted octanol–water partition coefficient (Wildman–Crippen LogP) is 1.65. The third kappa shape index (κ3) is 1.97. The highest BCUT2D eigenvalue weighted by atomic mass is 32.1. The van der Waals surface area contributed by atoms with Crippen molar-refractivity contribution in [1.29, 1.82) is 0 Å². The van der Waals surface area contributed by atoms with E-state index in [1.54, 1.807) is 0 Å². The molecule has 0 aliphatic heterocycles. The highest BCUT2D eigenvalue weighted by Crippen LogP contribution is 2.18. The van der Waals surface area contributed by atoms with Crippen molar-refractivity contribution in [1.82, 2.24) is 14.8 Å². The second-order valence-corrected chi connectivity index (χ2v) is 3.84. The van der Waals surface area contributed by atoms with E-state index in [2.05, 4.69) is 31.0 Å². The van der Waals surface area contributed by atoms with Gasteiger partial charge in [-0.2, -0.15) is 5.10 Å². The second kappa shape index (κ2) is 4.02. The van der Waals surface area contributed by atoms with Gasteiger partial charge in [0.25, 0.3) is 0 Å². The van der Waals surface area contributed by atoms with Gasteiger partial charge in [0.15, 0.2) is 10.6 Å². The molecular weight excluding hydrogens is 186 g/mol.